The maximum absolute atomic E-state index is 12.3. The number of ketones is 1. The van der Waals surface area contributed by atoms with Crippen LogP contribution in [0.25, 0.3) is 0 Å². The van der Waals surface area contributed by atoms with Crippen LogP contribution < -0.4 is 5.32 Å². The predicted molar refractivity (Wildman–Crippen MR) is 66.7 cm³/mol. The summed E-state index contributed by atoms with van der Waals surface area (Å²) in [7, 11) is 0. The minimum Gasteiger partial charge on any atom is -0.395 e. The molecule has 3 nitrogen and oxygen atoms in total. The Labute approximate surface area is 102 Å². The first kappa shape index (κ1) is 12.3. The van der Waals surface area contributed by atoms with Crippen molar-refractivity contribution < 1.29 is 9.90 Å². The molecule has 1 saturated carbocycles. The topological polar surface area (TPSA) is 49.3 Å². The summed E-state index contributed by atoms with van der Waals surface area (Å²) in [6.07, 6.45) is 3.50. The second kappa shape index (κ2) is 5.43. The third-order valence-electron chi connectivity index (χ3n) is 3.49. The van der Waals surface area contributed by atoms with E-state index in [1.54, 1.807) is 0 Å². The fourth-order valence-corrected chi connectivity index (χ4v) is 2.61. The molecule has 0 bridgehead atoms. The Balaban J connectivity index is 2.32. The summed E-state index contributed by atoms with van der Waals surface area (Å²) in [5.74, 6) is 0.253. The van der Waals surface area contributed by atoms with Gasteiger partial charge in [-0.25, -0.2) is 0 Å². The molecule has 3 heteroatoms. The number of nitrogens with one attached hydrogen (secondary N) is 1. The predicted octanol–water partition coefficient (Wildman–Crippen LogP) is 1.61. The van der Waals surface area contributed by atoms with Gasteiger partial charge in [-0.15, -0.1) is 0 Å². The summed E-state index contributed by atoms with van der Waals surface area (Å²) in [6.45, 7) is 0.516. The number of carbonyl (C=O) groups excluding carboxylic acids is 1. The third kappa shape index (κ3) is 2.40. The molecule has 1 aromatic rings. The average molecular weight is 233 g/mol. The molecular formula is C14H19NO2. The molecule has 92 valence electrons. The van der Waals surface area contributed by atoms with Gasteiger partial charge in [-0.1, -0.05) is 36.8 Å². The van der Waals surface area contributed by atoms with Crippen LogP contribution in [0, 0.1) is 0 Å². The molecule has 1 fully saturated rings. The van der Waals surface area contributed by atoms with E-state index in [2.05, 4.69) is 5.32 Å². The van der Waals surface area contributed by atoms with Gasteiger partial charge in [0.25, 0.3) is 0 Å². The van der Waals surface area contributed by atoms with Crippen molar-refractivity contribution in [2.45, 2.75) is 31.2 Å². The van der Waals surface area contributed by atoms with Crippen molar-refractivity contribution in [1.29, 1.82) is 0 Å². The van der Waals surface area contributed by atoms with Gasteiger partial charge in [0.2, 0.25) is 0 Å². The summed E-state index contributed by atoms with van der Waals surface area (Å²) in [5.41, 5.74) is 0.459. The van der Waals surface area contributed by atoms with Crippen molar-refractivity contribution in [3.8, 4) is 0 Å². The Morgan fingerprint density at radius 1 is 1.24 bits per heavy atom. The Bertz CT molecular complexity index is 377. The smallest absolute Gasteiger partial charge is 0.157 e. The number of carbonyl (C=O) groups is 1. The van der Waals surface area contributed by atoms with E-state index >= 15 is 0 Å². The molecule has 2 rings (SSSR count). The van der Waals surface area contributed by atoms with Gasteiger partial charge in [-0.2, -0.15) is 0 Å². The fraction of sp³-hybridized carbons (Fsp3) is 0.500. The molecule has 0 saturated heterocycles. The molecule has 0 amide bonds. The van der Waals surface area contributed by atoms with Crippen molar-refractivity contribution >= 4 is 5.78 Å². The number of hydrogen-bond donors (Lipinski definition) is 2. The molecule has 2 N–H and O–H groups in total. The van der Waals surface area contributed by atoms with E-state index in [4.69, 9.17) is 5.11 Å². The molecule has 0 aromatic heterocycles. The number of aliphatic hydroxyl groups is 1. The van der Waals surface area contributed by atoms with Gasteiger partial charge in [-0.05, 0) is 18.4 Å². The first-order chi connectivity index (χ1) is 8.29. The van der Waals surface area contributed by atoms with E-state index in [0.717, 1.165) is 24.8 Å². The molecule has 0 radical (unpaired) electrons. The minimum atomic E-state index is -0.567. The average Bonchev–Trinajstić information content (AvgIpc) is 2.39. The van der Waals surface area contributed by atoms with Crippen LogP contribution in [0.3, 0.4) is 0 Å². The van der Waals surface area contributed by atoms with Crippen molar-refractivity contribution in [3.05, 3.63) is 35.9 Å². The van der Waals surface area contributed by atoms with Gasteiger partial charge < -0.3 is 5.11 Å². The van der Waals surface area contributed by atoms with Crippen LogP contribution in [0.1, 0.15) is 31.2 Å². The second-order valence-corrected chi connectivity index (χ2v) is 4.55. The third-order valence-corrected chi connectivity index (χ3v) is 3.49. The zero-order valence-electron chi connectivity index (χ0n) is 9.98. The van der Waals surface area contributed by atoms with Crippen LogP contribution in [0.15, 0.2) is 30.3 Å². The molecule has 0 heterocycles. The lowest BCUT2D eigenvalue weighted by Crippen LogP contribution is -2.51. The number of Topliss-reactive ketones (excluding diaryl/α,β-unsaturated/α-hetero) is 1. The monoisotopic (exact) mass is 233 g/mol. The molecule has 1 aromatic carbocycles. The van der Waals surface area contributed by atoms with Gasteiger partial charge >= 0.3 is 0 Å². The number of aliphatic hydroxyl groups excluding tert-OH is 1. The largest absolute Gasteiger partial charge is 0.395 e. The molecule has 0 aliphatic heterocycles. The van der Waals surface area contributed by atoms with Crippen LogP contribution in [0.2, 0.25) is 0 Å². The van der Waals surface area contributed by atoms with Crippen LogP contribution in [0.5, 0.6) is 0 Å². The Morgan fingerprint density at radius 3 is 2.65 bits per heavy atom. The maximum atomic E-state index is 12.3. The van der Waals surface area contributed by atoms with Gasteiger partial charge in [-0.3, -0.25) is 10.1 Å². The standard InChI is InChI=1S/C14H19NO2/c16-11-10-15-14(9-5-4-8-13(14)17)12-6-2-1-3-7-12/h1-3,6-7,15-16H,4-5,8-11H2. The van der Waals surface area contributed by atoms with Crippen molar-refractivity contribution in [1.82, 2.24) is 5.32 Å². The summed E-state index contributed by atoms with van der Waals surface area (Å²) < 4.78 is 0. The Kier molecular flexibility index (Phi) is 3.92. The molecule has 0 spiro atoms. The minimum absolute atomic E-state index is 0.0574. The van der Waals surface area contributed by atoms with Gasteiger partial charge in [0.1, 0.15) is 5.54 Å². The molecule has 1 aliphatic carbocycles. The van der Waals surface area contributed by atoms with Crippen LogP contribution in [-0.2, 0) is 10.3 Å². The number of benzene rings is 1. The SMILES string of the molecule is O=C1CCCCC1(NCCO)c1ccccc1. The van der Waals surface area contributed by atoms with E-state index in [-0.39, 0.29) is 12.4 Å². The number of hydrogen-bond acceptors (Lipinski definition) is 3. The van der Waals surface area contributed by atoms with Gasteiger partial charge in [0, 0.05) is 13.0 Å². The summed E-state index contributed by atoms with van der Waals surface area (Å²) >= 11 is 0. The molecule has 1 unspecified atom stereocenters. The summed E-state index contributed by atoms with van der Waals surface area (Å²) in [6, 6.07) is 9.86. The van der Waals surface area contributed by atoms with Crippen LogP contribution >= 0.6 is 0 Å². The second-order valence-electron chi connectivity index (χ2n) is 4.55. The lowest BCUT2D eigenvalue weighted by Gasteiger charge is -2.37. The molecular weight excluding hydrogens is 214 g/mol. The highest BCUT2D eigenvalue weighted by Gasteiger charge is 2.40. The maximum Gasteiger partial charge on any atom is 0.157 e. The quantitative estimate of drug-likeness (QED) is 0.830. The van der Waals surface area contributed by atoms with E-state index in [0.29, 0.717) is 13.0 Å². The van der Waals surface area contributed by atoms with Crippen molar-refractivity contribution in [3.63, 3.8) is 0 Å². The lowest BCUT2D eigenvalue weighted by atomic mass is 9.75. The van der Waals surface area contributed by atoms with E-state index in [1.165, 1.54) is 0 Å². The first-order valence-corrected chi connectivity index (χ1v) is 6.24. The van der Waals surface area contributed by atoms with Crippen molar-refractivity contribution in [2.24, 2.45) is 0 Å². The van der Waals surface area contributed by atoms with E-state index in [1.807, 2.05) is 30.3 Å². The number of rotatable bonds is 4. The van der Waals surface area contributed by atoms with Crippen LogP contribution in [0.4, 0.5) is 0 Å². The molecule has 1 atom stereocenters. The zero-order chi connectivity index (χ0) is 12.1. The van der Waals surface area contributed by atoms with E-state index < -0.39 is 5.54 Å². The summed E-state index contributed by atoms with van der Waals surface area (Å²) in [5, 5.41) is 12.2. The van der Waals surface area contributed by atoms with Gasteiger partial charge in [0.05, 0.1) is 6.61 Å². The highest BCUT2D eigenvalue weighted by Crippen LogP contribution is 2.34. The summed E-state index contributed by atoms with van der Waals surface area (Å²) in [4.78, 5) is 12.3. The first-order valence-electron chi connectivity index (χ1n) is 6.24. The molecule has 17 heavy (non-hydrogen) atoms. The van der Waals surface area contributed by atoms with Crippen molar-refractivity contribution in [2.75, 3.05) is 13.2 Å². The highest BCUT2D eigenvalue weighted by molar-refractivity contribution is 5.90. The lowest BCUT2D eigenvalue weighted by molar-refractivity contribution is -0.128. The van der Waals surface area contributed by atoms with E-state index in [9.17, 15) is 4.79 Å². The normalized spacial score (nSPS) is 24.9. The Morgan fingerprint density at radius 2 is 2.00 bits per heavy atom. The zero-order valence-corrected chi connectivity index (χ0v) is 9.98. The van der Waals surface area contributed by atoms with Crippen LogP contribution in [-0.4, -0.2) is 24.0 Å². The Hall–Kier alpha value is -1.19. The van der Waals surface area contributed by atoms with Gasteiger partial charge in [0.15, 0.2) is 5.78 Å². The molecule has 1 aliphatic rings. The highest BCUT2D eigenvalue weighted by atomic mass is 16.3. The fourth-order valence-electron chi connectivity index (χ4n) is 2.61.